The van der Waals surface area contributed by atoms with Crippen molar-refractivity contribution in [1.82, 2.24) is 9.80 Å². The van der Waals surface area contributed by atoms with Crippen LogP contribution in [0.5, 0.6) is 0 Å². The largest absolute Gasteiger partial charge is 0.315 e. The number of likely N-dealkylation sites (N-methyl/N-ethyl adjacent to an activating group) is 1. The lowest BCUT2D eigenvalue weighted by atomic mass is 10.1. The van der Waals surface area contributed by atoms with Crippen LogP contribution in [0.1, 0.15) is 19.8 Å². The summed E-state index contributed by atoms with van der Waals surface area (Å²) in [5.41, 5.74) is 5.69. The molecule has 1 heterocycles. The van der Waals surface area contributed by atoms with Crippen LogP contribution in [-0.4, -0.2) is 55.1 Å². The van der Waals surface area contributed by atoms with E-state index in [4.69, 9.17) is 11.0 Å². The number of nitrogens with zero attached hydrogens (tertiary/aromatic N) is 3. The molecule has 0 aromatic carbocycles. The second kappa shape index (κ2) is 6.06. The van der Waals surface area contributed by atoms with E-state index in [1.165, 1.54) is 6.42 Å². The first-order valence-corrected chi connectivity index (χ1v) is 5.75. The van der Waals surface area contributed by atoms with Gasteiger partial charge in [-0.05, 0) is 33.0 Å². The third-order valence-electron chi connectivity index (χ3n) is 3.09. The molecule has 0 saturated carbocycles. The Balaban J connectivity index is 2.55. The summed E-state index contributed by atoms with van der Waals surface area (Å²) in [5.74, 6) is 0. The first-order chi connectivity index (χ1) is 7.17. The van der Waals surface area contributed by atoms with Gasteiger partial charge in [-0.1, -0.05) is 6.92 Å². The van der Waals surface area contributed by atoms with Crippen molar-refractivity contribution < 1.29 is 0 Å². The SMILES string of the molecule is CCC1CN(C)CCCN1CC(N)C#N. The first kappa shape index (κ1) is 12.4. The molecule has 1 rings (SSSR count). The lowest BCUT2D eigenvalue weighted by Crippen LogP contribution is -2.45. The van der Waals surface area contributed by atoms with Gasteiger partial charge < -0.3 is 10.6 Å². The quantitative estimate of drug-likeness (QED) is 0.725. The van der Waals surface area contributed by atoms with Crippen LogP contribution in [-0.2, 0) is 0 Å². The molecule has 2 N–H and O–H groups in total. The second-order valence-electron chi connectivity index (χ2n) is 4.41. The molecule has 4 nitrogen and oxygen atoms in total. The lowest BCUT2D eigenvalue weighted by molar-refractivity contribution is 0.181. The maximum absolute atomic E-state index is 8.73. The fraction of sp³-hybridized carbons (Fsp3) is 0.909. The van der Waals surface area contributed by atoms with Gasteiger partial charge in [0, 0.05) is 19.1 Å². The zero-order chi connectivity index (χ0) is 11.3. The highest BCUT2D eigenvalue weighted by Gasteiger charge is 2.23. The maximum Gasteiger partial charge on any atom is 0.106 e. The van der Waals surface area contributed by atoms with Crippen LogP contribution in [0.2, 0.25) is 0 Å². The highest BCUT2D eigenvalue weighted by Crippen LogP contribution is 2.11. The summed E-state index contributed by atoms with van der Waals surface area (Å²) >= 11 is 0. The molecule has 4 heteroatoms. The molecule has 15 heavy (non-hydrogen) atoms. The highest BCUT2D eigenvalue weighted by molar-refractivity contribution is 4.91. The van der Waals surface area contributed by atoms with E-state index >= 15 is 0 Å². The normalized spacial score (nSPS) is 26.9. The zero-order valence-corrected chi connectivity index (χ0v) is 9.82. The van der Waals surface area contributed by atoms with Crippen molar-refractivity contribution in [3.05, 3.63) is 0 Å². The van der Waals surface area contributed by atoms with E-state index in [9.17, 15) is 0 Å². The average Bonchev–Trinajstić information content (AvgIpc) is 2.40. The van der Waals surface area contributed by atoms with Crippen molar-refractivity contribution in [2.24, 2.45) is 5.73 Å². The van der Waals surface area contributed by atoms with Crippen molar-refractivity contribution in [2.45, 2.75) is 31.8 Å². The van der Waals surface area contributed by atoms with Crippen molar-refractivity contribution in [2.75, 3.05) is 33.2 Å². The lowest BCUT2D eigenvalue weighted by Gasteiger charge is -2.30. The van der Waals surface area contributed by atoms with Gasteiger partial charge in [-0.15, -0.1) is 0 Å². The van der Waals surface area contributed by atoms with E-state index in [1.807, 2.05) is 0 Å². The van der Waals surface area contributed by atoms with Crippen LogP contribution in [0.3, 0.4) is 0 Å². The predicted molar refractivity (Wildman–Crippen MR) is 61.4 cm³/mol. The molecule has 0 aromatic rings. The summed E-state index contributed by atoms with van der Waals surface area (Å²) in [6.45, 7) is 6.22. The van der Waals surface area contributed by atoms with E-state index in [1.54, 1.807) is 0 Å². The Morgan fingerprint density at radius 3 is 2.87 bits per heavy atom. The predicted octanol–water partition coefficient (Wildman–Crippen LogP) is 0.253. The third-order valence-corrected chi connectivity index (χ3v) is 3.09. The minimum Gasteiger partial charge on any atom is -0.315 e. The summed E-state index contributed by atoms with van der Waals surface area (Å²) in [7, 11) is 2.16. The summed E-state index contributed by atoms with van der Waals surface area (Å²) in [6, 6.07) is 2.32. The summed E-state index contributed by atoms with van der Waals surface area (Å²) in [5, 5.41) is 8.73. The minimum atomic E-state index is -0.345. The Labute approximate surface area is 92.6 Å². The second-order valence-corrected chi connectivity index (χ2v) is 4.41. The van der Waals surface area contributed by atoms with Crippen molar-refractivity contribution >= 4 is 0 Å². The van der Waals surface area contributed by atoms with Crippen LogP contribution in [0.4, 0.5) is 0 Å². The van der Waals surface area contributed by atoms with Crippen molar-refractivity contribution in [3.8, 4) is 6.07 Å². The molecule has 86 valence electrons. The van der Waals surface area contributed by atoms with E-state index in [-0.39, 0.29) is 6.04 Å². The minimum absolute atomic E-state index is 0.345. The molecule has 2 unspecified atom stereocenters. The Morgan fingerprint density at radius 2 is 2.27 bits per heavy atom. The molecular formula is C11H22N4. The van der Waals surface area contributed by atoms with Gasteiger partial charge in [0.15, 0.2) is 0 Å². The Morgan fingerprint density at radius 1 is 1.53 bits per heavy atom. The van der Waals surface area contributed by atoms with Gasteiger partial charge in [0.2, 0.25) is 0 Å². The van der Waals surface area contributed by atoms with E-state index < -0.39 is 0 Å². The van der Waals surface area contributed by atoms with E-state index in [0.29, 0.717) is 12.6 Å². The van der Waals surface area contributed by atoms with Crippen molar-refractivity contribution in [3.63, 3.8) is 0 Å². The van der Waals surface area contributed by atoms with Crippen LogP contribution in [0.15, 0.2) is 0 Å². The topological polar surface area (TPSA) is 56.3 Å². The van der Waals surface area contributed by atoms with Crippen LogP contribution < -0.4 is 5.73 Å². The average molecular weight is 210 g/mol. The molecule has 2 atom stereocenters. The molecule has 0 radical (unpaired) electrons. The smallest absolute Gasteiger partial charge is 0.106 e. The molecule has 0 amide bonds. The number of rotatable bonds is 3. The van der Waals surface area contributed by atoms with Gasteiger partial charge in [0.1, 0.15) is 6.04 Å². The van der Waals surface area contributed by atoms with Crippen LogP contribution in [0.25, 0.3) is 0 Å². The van der Waals surface area contributed by atoms with Gasteiger partial charge in [-0.2, -0.15) is 5.26 Å². The van der Waals surface area contributed by atoms with Crippen LogP contribution >= 0.6 is 0 Å². The first-order valence-electron chi connectivity index (χ1n) is 5.75. The molecule has 1 saturated heterocycles. The standard InChI is InChI=1S/C11H22N4/c1-3-11-9-14(2)5-4-6-15(11)8-10(13)7-12/h10-11H,3-6,8-9,13H2,1-2H3. The van der Waals surface area contributed by atoms with Gasteiger partial charge in [0.25, 0.3) is 0 Å². The fourth-order valence-corrected chi connectivity index (χ4v) is 2.21. The van der Waals surface area contributed by atoms with Gasteiger partial charge in [-0.3, -0.25) is 4.90 Å². The molecule has 0 bridgehead atoms. The monoisotopic (exact) mass is 210 g/mol. The number of nitriles is 1. The summed E-state index contributed by atoms with van der Waals surface area (Å²) in [6.07, 6.45) is 2.30. The van der Waals surface area contributed by atoms with E-state index in [0.717, 1.165) is 26.1 Å². The Bertz CT molecular complexity index is 223. The summed E-state index contributed by atoms with van der Waals surface area (Å²) in [4.78, 5) is 4.74. The molecule has 1 aliphatic heterocycles. The fourth-order valence-electron chi connectivity index (χ4n) is 2.21. The number of hydrogen-bond donors (Lipinski definition) is 1. The summed E-state index contributed by atoms with van der Waals surface area (Å²) < 4.78 is 0. The molecule has 1 aliphatic rings. The van der Waals surface area contributed by atoms with Gasteiger partial charge in [0.05, 0.1) is 6.07 Å². The molecule has 0 spiro atoms. The molecular weight excluding hydrogens is 188 g/mol. The number of hydrogen-bond acceptors (Lipinski definition) is 4. The van der Waals surface area contributed by atoms with Crippen molar-refractivity contribution in [1.29, 1.82) is 5.26 Å². The Kier molecular flexibility index (Phi) is 5.03. The highest BCUT2D eigenvalue weighted by atomic mass is 15.2. The third kappa shape index (κ3) is 3.78. The molecule has 0 aromatic heterocycles. The zero-order valence-electron chi connectivity index (χ0n) is 9.82. The van der Waals surface area contributed by atoms with Gasteiger partial charge >= 0.3 is 0 Å². The van der Waals surface area contributed by atoms with E-state index in [2.05, 4.69) is 29.8 Å². The number of nitrogens with two attached hydrogens (primary N) is 1. The Hall–Kier alpha value is -0.630. The molecule has 0 aliphatic carbocycles. The molecule has 1 fully saturated rings. The maximum atomic E-state index is 8.73. The van der Waals surface area contributed by atoms with Gasteiger partial charge in [-0.25, -0.2) is 0 Å². The van der Waals surface area contributed by atoms with Crippen LogP contribution in [0, 0.1) is 11.3 Å².